The Morgan fingerprint density at radius 1 is 0.319 bits per heavy atom. The van der Waals surface area contributed by atoms with Crippen LogP contribution in [0.3, 0.4) is 0 Å². The van der Waals surface area contributed by atoms with E-state index in [9.17, 15) is 8.22 Å². The van der Waals surface area contributed by atoms with Gasteiger partial charge in [0.2, 0.25) is 0 Å². The highest BCUT2D eigenvalue weighted by Gasteiger charge is 2.48. The van der Waals surface area contributed by atoms with Crippen LogP contribution < -0.4 is 9.80 Å². The molecule has 338 valence electrons. The molecule has 1 unspecified atom stereocenters. The van der Waals surface area contributed by atoms with Crippen LogP contribution in [0.15, 0.2) is 285 Å². The molecule has 0 amide bonds. The first-order chi connectivity index (χ1) is 38.6. The van der Waals surface area contributed by atoms with E-state index in [2.05, 4.69) is 160 Å². The Morgan fingerprint density at radius 2 is 0.833 bits per heavy atom. The van der Waals surface area contributed by atoms with E-state index in [4.69, 9.17) is 1.37 Å². The minimum Gasteiger partial charge on any atom is -0.310 e. The van der Waals surface area contributed by atoms with E-state index < -0.39 is 35.6 Å². The summed E-state index contributed by atoms with van der Waals surface area (Å²) >= 11 is 0. The zero-order valence-electron chi connectivity index (χ0n) is 45.9. The molecule has 3 heteroatoms. The lowest BCUT2D eigenvalue weighted by molar-refractivity contribution is 0.778. The first-order valence-corrected chi connectivity index (χ1v) is 24.3. The van der Waals surface area contributed by atoms with E-state index in [0.717, 1.165) is 100 Å². The summed E-state index contributed by atoms with van der Waals surface area (Å²) in [5, 5.41) is 4.08. The van der Waals surface area contributed by atoms with Gasteiger partial charge in [0.15, 0.2) is 0 Å². The average Bonchev–Trinajstić information content (AvgIpc) is 4.02. The highest BCUT2D eigenvalue weighted by molar-refractivity contribution is 6.10. The number of hydrogen-bond acceptors (Lipinski definition) is 2. The van der Waals surface area contributed by atoms with Crippen LogP contribution in [-0.2, 0) is 5.41 Å². The van der Waals surface area contributed by atoms with Gasteiger partial charge in [0.25, 0.3) is 0 Å². The summed E-state index contributed by atoms with van der Waals surface area (Å²) in [6.07, 6.45) is 0. The van der Waals surface area contributed by atoms with Crippen molar-refractivity contribution >= 4 is 77.5 Å². The van der Waals surface area contributed by atoms with Gasteiger partial charge < -0.3 is 14.4 Å². The molecule has 0 fully saturated rings. The molecule has 0 saturated carbocycles. The molecular formula is C69H47N3. The normalized spacial score (nSPS) is 15.2. The molecule has 14 rings (SSSR count). The third kappa shape index (κ3) is 6.52. The number of aromatic nitrogens is 1. The second-order valence-corrected chi connectivity index (χ2v) is 18.3. The first kappa shape index (κ1) is 34.8. The summed E-state index contributed by atoms with van der Waals surface area (Å²) in [7, 11) is 0. The topological polar surface area (TPSA) is 11.4 Å². The molecule has 0 saturated heterocycles. The van der Waals surface area contributed by atoms with Gasteiger partial charge in [-0.3, -0.25) is 0 Å². The van der Waals surface area contributed by atoms with Crippen LogP contribution in [0.2, 0.25) is 0 Å². The van der Waals surface area contributed by atoms with Gasteiger partial charge in [-0.25, -0.2) is 0 Å². The second kappa shape index (κ2) is 16.9. The zero-order valence-corrected chi connectivity index (χ0v) is 38.9. The first-order valence-electron chi connectivity index (χ1n) is 27.8. The van der Waals surface area contributed by atoms with Gasteiger partial charge in [0.1, 0.15) is 0 Å². The molecule has 1 atom stereocenters. The van der Waals surface area contributed by atoms with Gasteiger partial charge in [0.05, 0.1) is 26.0 Å². The van der Waals surface area contributed by atoms with Gasteiger partial charge in [-0.2, -0.15) is 0 Å². The highest BCUT2D eigenvalue weighted by atomic mass is 15.1. The number of hydrogen-bond donors (Lipinski definition) is 0. The summed E-state index contributed by atoms with van der Waals surface area (Å²) in [6, 6.07) is 80.4. The molecule has 0 radical (unpaired) electrons. The summed E-state index contributed by atoms with van der Waals surface area (Å²) in [5.41, 5.74) is 11.0. The molecule has 3 nitrogen and oxygen atoms in total. The SMILES string of the molecule is [2H]c1c([2H])c([2H])c2c(C3(c4ccc5c(c4)c4ccccc4n5-c4ccccc4)c4ccc(N(c5ccccc5)c5ccccc5)cc4-c4cc(N(c5ccccc5)c5ccc6ccccc6c5)ccc43)c([2H])c([2H])c([2H])c2c1[2H]. The highest BCUT2D eigenvalue weighted by Crippen LogP contribution is 2.60. The van der Waals surface area contributed by atoms with Crippen molar-refractivity contribution in [3.8, 4) is 16.8 Å². The van der Waals surface area contributed by atoms with Crippen LogP contribution in [-0.4, -0.2) is 4.57 Å². The maximum atomic E-state index is 10.3. The van der Waals surface area contributed by atoms with Crippen LogP contribution in [0.1, 0.15) is 31.8 Å². The van der Waals surface area contributed by atoms with Crippen molar-refractivity contribution in [2.75, 3.05) is 9.80 Å². The second-order valence-electron chi connectivity index (χ2n) is 18.3. The monoisotopic (exact) mass is 924 g/mol. The molecule has 0 N–H and O–H groups in total. The fourth-order valence-electron chi connectivity index (χ4n) is 11.4. The molecule has 1 heterocycles. The molecule has 1 aromatic heterocycles. The molecule has 1 aliphatic rings. The van der Waals surface area contributed by atoms with Crippen molar-refractivity contribution in [3.05, 3.63) is 307 Å². The summed E-state index contributed by atoms with van der Waals surface area (Å²) < 4.78 is 69.0. The Labute approximate surface area is 429 Å². The fraction of sp³-hybridized carbons (Fsp3) is 0.0145. The predicted molar refractivity (Wildman–Crippen MR) is 302 cm³/mol. The van der Waals surface area contributed by atoms with Gasteiger partial charge in [0, 0.05) is 50.6 Å². The number of nitrogens with zero attached hydrogens (tertiary/aromatic N) is 3. The number of benzene rings is 12. The number of fused-ring (bicyclic) bond motifs is 8. The Hall–Kier alpha value is -9.44. The Bertz CT molecular complexity index is 4540. The Balaban J connectivity index is 1.15. The minimum atomic E-state index is -1.52. The van der Waals surface area contributed by atoms with Crippen LogP contribution in [0.25, 0.3) is 60.2 Å². The van der Waals surface area contributed by atoms with Crippen LogP contribution in [0.4, 0.5) is 34.1 Å². The molecule has 0 bridgehead atoms. The van der Waals surface area contributed by atoms with E-state index in [-0.39, 0.29) is 28.4 Å². The lowest BCUT2D eigenvalue weighted by Gasteiger charge is -2.35. The van der Waals surface area contributed by atoms with Crippen molar-refractivity contribution in [1.82, 2.24) is 4.57 Å². The van der Waals surface area contributed by atoms with E-state index in [1.807, 2.05) is 97.1 Å². The predicted octanol–water partition coefficient (Wildman–Crippen LogP) is 18.4. The molecule has 12 aromatic carbocycles. The van der Waals surface area contributed by atoms with Crippen LogP contribution in [0.5, 0.6) is 0 Å². The fourth-order valence-corrected chi connectivity index (χ4v) is 11.4. The molecule has 0 spiro atoms. The maximum absolute atomic E-state index is 10.3. The van der Waals surface area contributed by atoms with Gasteiger partial charge in [-0.1, -0.05) is 182 Å². The minimum absolute atomic E-state index is 0.0352. The third-order valence-corrected chi connectivity index (χ3v) is 14.5. The largest absolute Gasteiger partial charge is 0.310 e. The zero-order chi connectivity index (χ0) is 53.7. The summed E-state index contributed by atoms with van der Waals surface area (Å²) in [5.74, 6) is 0. The molecule has 13 aromatic rings. The smallest absolute Gasteiger partial charge is 0.0719 e. The van der Waals surface area contributed by atoms with Gasteiger partial charge >= 0.3 is 0 Å². The van der Waals surface area contributed by atoms with E-state index in [0.29, 0.717) is 0 Å². The van der Waals surface area contributed by atoms with Crippen molar-refractivity contribution in [3.63, 3.8) is 0 Å². The van der Waals surface area contributed by atoms with Crippen LogP contribution in [0, 0.1) is 0 Å². The Kier molecular flexibility index (Phi) is 8.17. The van der Waals surface area contributed by atoms with E-state index >= 15 is 0 Å². The third-order valence-electron chi connectivity index (χ3n) is 14.5. The molecular weight excluding hydrogens is 871 g/mol. The van der Waals surface area contributed by atoms with Crippen molar-refractivity contribution in [2.24, 2.45) is 0 Å². The van der Waals surface area contributed by atoms with Crippen molar-refractivity contribution < 1.29 is 9.60 Å². The van der Waals surface area contributed by atoms with Gasteiger partial charge in [-0.15, -0.1) is 0 Å². The molecule has 72 heavy (non-hydrogen) atoms. The summed E-state index contributed by atoms with van der Waals surface area (Å²) in [4.78, 5) is 4.47. The van der Waals surface area contributed by atoms with Crippen molar-refractivity contribution in [1.29, 1.82) is 0 Å². The molecule has 0 aliphatic heterocycles. The maximum Gasteiger partial charge on any atom is 0.0719 e. The number of rotatable bonds is 9. The lowest BCUT2D eigenvalue weighted by Crippen LogP contribution is -2.29. The number of para-hydroxylation sites is 5. The average molecular weight is 925 g/mol. The van der Waals surface area contributed by atoms with E-state index in [1.54, 1.807) is 0 Å². The molecule has 1 aliphatic carbocycles. The van der Waals surface area contributed by atoms with Gasteiger partial charge in [-0.05, 0) is 158 Å². The Morgan fingerprint density at radius 3 is 1.50 bits per heavy atom. The van der Waals surface area contributed by atoms with E-state index in [1.165, 1.54) is 0 Å². The van der Waals surface area contributed by atoms with Crippen LogP contribution >= 0.6 is 0 Å². The van der Waals surface area contributed by atoms with Crippen molar-refractivity contribution in [2.45, 2.75) is 5.41 Å². The quantitative estimate of drug-likeness (QED) is 0.143. The standard InChI is InChI=1S/C69H47N3/c1-5-24-52(25-6-1)70(53-26-7-2-8-27-53)57-39-41-65-61(46-57)62-47-58(71(54-28-9-3-10-29-54)56-38-36-48-20-13-14-22-50(48)44-56)40-42-66(62)69(65,64-34-19-23-49-21-15-16-32-59(49)64)51-37-43-68-63(45-51)60-33-17-18-35-67(60)72(68)55-30-11-4-12-31-55/h1-47H/i15D,16D,19D,21D,23D,32D,34D. The summed E-state index contributed by atoms with van der Waals surface area (Å²) in [6.45, 7) is 0. The number of anilines is 6. The lowest BCUT2D eigenvalue weighted by atomic mass is 9.66.